The first kappa shape index (κ1) is 8.43. The van der Waals surface area contributed by atoms with Gasteiger partial charge in [-0.25, -0.2) is 4.79 Å². The number of nitrogens with two attached hydrogens (primary N) is 1. The van der Waals surface area contributed by atoms with E-state index in [9.17, 15) is 4.79 Å². The lowest BCUT2D eigenvalue weighted by molar-refractivity contribution is 1.01. The van der Waals surface area contributed by atoms with Gasteiger partial charge in [-0.1, -0.05) is 30.3 Å². The van der Waals surface area contributed by atoms with Crippen molar-refractivity contribution in [3.05, 3.63) is 40.8 Å². The number of anilines is 1. The minimum atomic E-state index is -0.489. The van der Waals surface area contributed by atoms with Crippen LogP contribution in [0.15, 0.2) is 35.1 Å². The second kappa shape index (κ2) is 3.29. The highest BCUT2D eigenvalue weighted by atomic mass is 16.1. The van der Waals surface area contributed by atoms with Crippen LogP contribution in [0.5, 0.6) is 0 Å². The van der Waals surface area contributed by atoms with E-state index in [0.717, 1.165) is 5.56 Å². The fourth-order valence-electron chi connectivity index (χ4n) is 1.13. The molecule has 1 aromatic heterocycles. The van der Waals surface area contributed by atoms with Gasteiger partial charge >= 0.3 is 5.69 Å². The summed E-state index contributed by atoms with van der Waals surface area (Å²) < 4.78 is 0. The van der Waals surface area contributed by atoms with Crippen molar-refractivity contribution >= 4 is 5.95 Å². The molecule has 1 heterocycles. The summed E-state index contributed by atoms with van der Waals surface area (Å²) in [6, 6.07) is 9.25. The molecule has 0 aliphatic carbocycles. The van der Waals surface area contributed by atoms with Crippen molar-refractivity contribution in [3.63, 3.8) is 0 Å². The number of H-pyrrole nitrogens is 1. The molecule has 5 nitrogen and oxygen atoms in total. The number of aromatic amines is 1. The lowest BCUT2D eigenvalue weighted by Crippen LogP contribution is -2.15. The summed E-state index contributed by atoms with van der Waals surface area (Å²) in [7, 11) is 0. The van der Waals surface area contributed by atoms with E-state index in [1.165, 1.54) is 0 Å². The van der Waals surface area contributed by atoms with Crippen LogP contribution in [0.1, 0.15) is 0 Å². The molecule has 0 fully saturated rings. The first-order valence-corrected chi connectivity index (χ1v) is 4.05. The van der Waals surface area contributed by atoms with Crippen LogP contribution in [0, 0.1) is 0 Å². The summed E-state index contributed by atoms with van der Waals surface area (Å²) >= 11 is 0. The molecule has 5 heteroatoms. The van der Waals surface area contributed by atoms with Crippen LogP contribution in [0.2, 0.25) is 0 Å². The third-order valence-corrected chi connectivity index (χ3v) is 1.72. The number of hydrogen-bond donors (Lipinski definition) is 2. The van der Waals surface area contributed by atoms with Gasteiger partial charge in [-0.3, -0.25) is 4.98 Å². The Labute approximate surface area is 79.6 Å². The maximum Gasteiger partial charge on any atom is 0.349 e. The minimum Gasteiger partial charge on any atom is -0.368 e. The Morgan fingerprint density at radius 3 is 2.50 bits per heavy atom. The number of nitrogens with one attached hydrogen (secondary N) is 1. The Morgan fingerprint density at radius 2 is 1.86 bits per heavy atom. The zero-order valence-electron chi connectivity index (χ0n) is 7.27. The molecule has 0 bridgehead atoms. The maximum absolute atomic E-state index is 11.0. The van der Waals surface area contributed by atoms with Gasteiger partial charge in [0.1, 0.15) is 5.82 Å². The fraction of sp³-hybridized carbons (Fsp3) is 0. The van der Waals surface area contributed by atoms with E-state index in [0.29, 0.717) is 5.82 Å². The maximum atomic E-state index is 11.0. The Hall–Kier alpha value is -2.17. The number of aromatic nitrogens is 3. The molecule has 0 radical (unpaired) electrons. The summed E-state index contributed by atoms with van der Waals surface area (Å²) in [5.74, 6) is 0.413. The number of benzene rings is 1. The molecule has 0 aliphatic rings. The topological polar surface area (TPSA) is 84.7 Å². The van der Waals surface area contributed by atoms with Crippen molar-refractivity contribution in [1.29, 1.82) is 0 Å². The molecule has 1 aromatic carbocycles. The highest BCUT2D eigenvalue weighted by Crippen LogP contribution is 2.11. The van der Waals surface area contributed by atoms with E-state index >= 15 is 0 Å². The average Bonchev–Trinajstić information content (AvgIpc) is 2.18. The van der Waals surface area contributed by atoms with Crippen LogP contribution in [0.3, 0.4) is 0 Å². The van der Waals surface area contributed by atoms with Crippen molar-refractivity contribution in [3.8, 4) is 11.4 Å². The second-order valence-electron chi connectivity index (χ2n) is 2.73. The first-order chi connectivity index (χ1) is 6.75. The number of rotatable bonds is 1. The van der Waals surface area contributed by atoms with Gasteiger partial charge < -0.3 is 5.73 Å². The quantitative estimate of drug-likeness (QED) is 0.679. The Kier molecular flexibility index (Phi) is 1.98. The predicted molar refractivity (Wildman–Crippen MR) is 52.5 cm³/mol. The summed E-state index contributed by atoms with van der Waals surface area (Å²) in [5, 5.41) is 0. The number of nitrogens with zero attached hydrogens (tertiary/aromatic N) is 2. The molecule has 70 valence electrons. The SMILES string of the molecule is Nc1nc(-c2ccccc2)[nH]c(=O)n1. The van der Waals surface area contributed by atoms with Crippen LogP contribution in [-0.4, -0.2) is 15.0 Å². The fourth-order valence-corrected chi connectivity index (χ4v) is 1.13. The molecular weight excluding hydrogens is 180 g/mol. The lowest BCUT2D eigenvalue weighted by atomic mass is 10.2. The smallest absolute Gasteiger partial charge is 0.349 e. The van der Waals surface area contributed by atoms with Crippen molar-refractivity contribution in [2.24, 2.45) is 0 Å². The van der Waals surface area contributed by atoms with E-state index in [-0.39, 0.29) is 5.95 Å². The van der Waals surface area contributed by atoms with Gasteiger partial charge in [-0.05, 0) is 0 Å². The molecule has 2 rings (SSSR count). The Morgan fingerprint density at radius 1 is 1.14 bits per heavy atom. The van der Waals surface area contributed by atoms with Crippen molar-refractivity contribution < 1.29 is 0 Å². The lowest BCUT2D eigenvalue weighted by Gasteiger charge is -1.99. The van der Waals surface area contributed by atoms with E-state index in [4.69, 9.17) is 5.73 Å². The predicted octanol–water partition coefficient (Wildman–Crippen LogP) is 0.414. The molecule has 0 saturated carbocycles. The second-order valence-corrected chi connectivity index (χ2v) is 2.73. The highest BCUT2D eigenvalue weighted by Gasteiger charge is 2.01. The minimum absolute atomic E-state index is 0.0207. The van der Waals surface area contributed by atoms with E-state index < -0.39 is 5.69 Å². The Balaban J connectivity index is 2.58. The van der Waals surface area contributed by atoms with Crippen LogP contribution >= 0.6 is 0 Å². The van der Waals surface area contributed by atoms with Crippen molar-refractivity contribution in [2.75, 3.05) is 5.73 Å². The monoisotopic (exact) mass is 188 g/mol. The van der Waals surface area contributed by atoms with Crippen molar-refractivity contribution in [1.82, 2.24) is 15.0 Å². The molecule has 0 saturated heterocycles. The molecular formula is C9H8N4O. The zero-order valence-corrected chi connectivity index (χ0v) is 7.27. The van der Waals surface area contributed by atoms with E-state index in [1.54, 1.807) is 0 Å². The molecule has 2 aromatic rings. The molecule has 0 amide bonds. The van der Waals surface area contributed by atoms with Gasteiger partial charge in [0.15, 0.2) is 0 Å². The zero-order chi connectivity index (χ0) is 9.97. The van der Waals surface area contributed by atoms with Crippen LogP contribution in [-0.2, 0) is 0 Å². The van der Waals surface area contributed by atoms with Gasteiger partial charge in [-0.2, -0.15) is 9.97 Å². The van der Waals surface area contributed by atoms with Gasteiger partial charge in [0.05, 0.1) is 0 Å². The normalized spacial score (nSPS) is 10.0. The summed E-state index contributed by atoms with van der Waals surface area (Å²) in [6.07, 6.45) is 0. The summed E-state index contributed by atoms with van der Waals surface area (Å²) in [4.78, 5) is 20.8. The number of nitrogen functional groups attached to an aromatic ring is 1. The first-order valence-electron chi connectivity index (χ1n) is 4.05. The van der Waals surface area contributed by atoms with Crippen LogP contribution in [0.25, 0.3) is 11.4 Å². The van der Waals surface area contributed by atoms with Gasteiger partial charge in [0.25, 0.3) is 0 Å². The van der Waals surface area contributed by atoms with Gasteiger partial charge in [0, 0.05) is 5.56 Å². The van der Waals surface area contributed by atoms with Crippen LogP contribution in [0.4, 0.5) is 5.95 Å². The molecule has 3 N–H and O–H groups in total. The van der Waals surface area contributed by atoms with Crippen molar-refractivity contribution in [2.45, 2.75) is 0 Å². The third kappa shape index (κ3) is 1.61. The molecule has 0 aliphatic heterocycles. The van der Waals surface area contributed by atoms with E-state index in [2.05, 4.69) is 15.0 Å². The third-order valence-electron chi connectivity index (χ3n) is 1.72. The molecule has 14 heavy (non-hydrogen) atoms. The van der Waals surface area contributed by atoms with Crippen LogP contribution < -0.4 is 11.4 Å². The number of hydrogen-bond acceptors (Lipinski definition) is 4. The van der Waals surface area contributed by atoms with Gasteiger partial charge in [-0.15, -0.1) is 0 Å². The standard InChI is InChI=1S/C9H8N4O/c10-8-11-7(12-9(14)13-8)6-4-2-1-3-5-6/h1-5H,(H3,10,11,12,13,14). The average molecular weight is 188 g/mol. The molecule has 0 atom stereocenters. The Bertz CT molecular complexity index is 492. The van der Waals surface area contributed by atoms with E-state index in [1.807, 2.05) is 30.3 Å². The molecule has 0 spiro atoms. The molecule has 0 unspecified atom stereocenters. The summed E-state index contributed by atoms with van der Waals surface area (Å²) in [5.41, 5.74) is 5.67. The largest absolute Gasteiger partial charge is 0.368 e. The highest BCUT2D eigenvalue weighted by molar-refractivity contribution is 5.54. The van der Waals surface area contributed by atoms with Gasteiger partial charge in [0.2, 0.25) is 5.95 Å². The summed E-state index contributed by atoms with van der Waals surface area (Å²) in [6.45, 7) is 0.